The molecule has 1 unspecified atom stereocenters. The Morgan fingerprint density at radius 3 is 3.00 bits per heavy atom. The summed E-state index contributed by atoms with van der Waals surface area (Å²) in [6.07, 6.45) is 0.859. The second kappa shape index (κ2) is 5.67. The molecule has 1 amide bonds. The maximum atomic E-state index is 13.7. The van der Waals surface area contributed by atoms with E-state index >= 15 is 0 Å². The molecule has 0 saturated carbocycles. The average Bonchev–Trinajstić information content (AvgIpc) is 2.53. The van der Waals surface area contributed by atoms with Crippen molar-refractivity contribution in [3.05, 3.63) is 34.6 Å². The molecule has 1 N–H and O–H groups in total. The number of hydrogen-bond acceptors (Lipinski definition) is 2. The fourth-order valence-corrected chi connectivity index (χ4v) is 2.40. The first-order valence-electron chi connectivity index (χ1n) is 6.07. The van der Waals surface area contributed by atoms with Gasteiger partial charge in [-0.05, 0) is 32.0 Å². The van der Waals surface area contributed by atoms with Crippen LogP contribution in [0.15, 0.2) is 18.2 Å². The Morgan fingerprint density at radius 2 is 2.28 bits per heavy atom. The Balaban J connectivity index is 2.29. The molecule has 1 aliphatic rings. The third kappa shape index (κ3) is 2.65. The number of carbonyl (C=O) groups excluding carboxylic acids is 1. The summed E-state index contributed by atoms with van der Waals surface area (Å²) in [7, 11) is 0. The highest BCUT2D eigenvalue weighted by Gasteiger charge is 2.26. The molecule has 1 aromatic carbocycles. The van der Waals surface area contributed by atoms with Crippen molar-refractivity contribution in [3.63, 3.8) is 0 Å². The van der Waals surface area contributed by atoms with E-state index in [1.54, 1.807) is 11.0 Å². The molecule has 2 rings (SSSR count). The zero-order valence-electron chi connectivity index (χ0n) is 10.2. The third-order valence-corrected chi connectivity index (χ3v) is 3.55. The zero-order chi connectivity index (χ0) is 13.1. The van der Waals surface area contributed by atoms with E-state index < -0.39 is 5.82 Å². The van der Waals surface area contributed by atoms with Crippen molar-refractivity contribution in [2.45, 2.75) is 19.4 Å². The molecule has 1 fully saturated rings. The van der Waals surface area contributed by atoms with Gasteiger partial charge in [-0.1, -0.05) is 17.7 Å². The molecule has 1 heterocycles. The monoisotopic (exact) mass is 270 g/mol. The number of rotatable bonds is 1. The number of nitrogens with one attached hydrogen (secondary N) is 1. The lowest BCUT2D eigenvalue weighted by Gasteiger charge is -2.27. The predicted octanol–water partition coefficient (Wildman–Crippen LogP) is 2.30. The van der Waals surface area contributed by atoms with Gasteiger partial charge in [0.25, 0.3) is 5.91 Å². The highest BCUT2D eigenvalue weighted by Crippen LogP contribution is 2.22. The van der Waals surface area contributed by atoms with Crippen molar-refractivity contribution in [2.75, 3.05) is 19.6 Å². The molecule has 18 heavy (non-hydrogen) atoms. The highest BCUT2D eigenvalue weighted by molar-refractivity contribution is 6.33. The molecule has 1 saturated heterocycles. The number of benzene rings is 1. The highest BCUT2D eigenvalue weighted by atomic mass is 35.5. The maximum Gasteiger partial charge on any atom is 0.258 e. The Kier molecular flexibility index (Phi) is 4.19. The number of halogens is 2. The van der Waals surface area contributed by atoms with Crippen LogP contribution in [0.2, 0.25) is 5.02 Å². The molecule has 98 valence electrons. The van der Waals surface area contributed by atoms with Gasteiger partial charge in [0.1, 0.15) is 5.82 Å². The predicted molar refractivity (Wildman–Crippen MR) is 69.4 cm³/mol. The van der Waals surface area contributed by atoms with Gasteiger partial charge in [0.05, 0.1) is 10.6 Å². The van der Waals surface area contributed by atoms with Gasteiger partial charge in [-0.2, -0.15) is 0 Å². The standard InChI is InChI=1S/C13H16ClFN2O/c1-9-5-6-16-7-8-17(9)13(18)12-10(14)3-2-4-11(12)15/h2-4,9,16H,5-8H2,1H3. The van der Waals surface area contributed by atoms with Crippen LogP contribution in [0.5, 0.6) is 0 Å². The van der Waals surface area contributed by atoms with Crippen LogP contribution < -0.4 is 5.32 Å². The summed E-state index contributed by atoms with van der Waals surface area (Å²) in [6.45, 7) is 4.14. The third-order valence-electron chi connectivity index (χ3n) is 3.24. The van der Waals surface area contributed by atoms with Crippen LogP contribution >= 0.6 is 11.6 Å². The van der Waals surface area contributed by atoms with Crippen molar-refractivity contribution in [2.24, 2.45) is 0 Å². The van der Waals surface area contributed by atoms with Gasteiger partial charge in [0.2, 0.25) is 0 Å². The van der Waals surface area contributed by atoms with E-state index in [4.69, 9.17) is 11.6 Å². The van der Waals surface area contributed by atoms with Crippen LogP contribution in [0.1, 0.15) is 23.7 Å². The van der Waals surface area contributed by atoms with E-state index in [-0.39, 0.29) is 22.5 Å². The van der Waals surface area contributed by atoms with E-state index in [2.05, 4.69) is 5.32 Å². The van der Waals surface area contributed by atoms with Crippen molar-refractivity contribution in [1.29, 1.82) is 0 Å². The second-order valence-electron chi connectivity index (χ2n) is 4.48. The molecule has 1 aliphatic heterocycles. The Morgan fingerprint density at radius 1 is 1.50 bits per heavy atom. The molecule has 0 spiro atoms. The van der Waals surface area contributed by atoms with Crippen LogP contribution in [-0.4, -0.2) is 36.5 Å². The summed E-state index contributed by atoms with van der Waals surface area (Å²) in [6, 6.07) is 4.39. The van der Waals surface area contributed by atoms with Crippen LogP contribution in [-0.2, 0) is 0 Å². The maximum absolute atomic E-state index is 13.7. The average molecular weight is 271 g/mol. The molecule has 0 radical (unpaired) electrons. The fourth-order valence-electron chi connectivity index (χ4n) is 2.16. The summed E-state index contributed by atoms with van der Waals surface area (Å²) in [5.74, 6) is -0.883. The molecule has 3 nitrogen and oxygen atoms in total. The van der Waals surface area contributed by atoms with Crippen LogP contribution in [0.3, 0.4) is 0 Å². The number of hydrogen-bond donors (Lipinski definition) is 1. The number of amides is 1. The second-order valence-corrected chi connectivity index (χ2v) is 4.89. The quantitative estimate of drug-likeness (QED) is 0.849. The van der Waals surface area contributed by atoms with Crippen molar-refractivity contribution in [1.82, 2.24) is 10.2 Å². The SMILES string of the molecule is CC1CCNCCN1C(=O)c1c(F)cccc1Cl. The summed E-state index contributed by atoms with van der Waals surface area (Å²) < 4.78 is 13.7. The first-order valence-corrected chi connectivity index (χ1v) is 6.44. The summed E-state index contributed by atoms with van der Waals surface area (Å²) >= 11 is 5.93. The summed E-state index contributed by atoms with van der Waals surface area (Å²) in [4.78, 5) is 14.1. The molecule has 0 bridgehead atoms. The Hall–Kier alpha value is -1.13. The smallest absolute Gasteiger partial charge is 0.258 e. The summed E-state index contributed by atoms with van der Waals surface area (Å²) in [5.41, 5.74) is -0.0204. The first-order chi connectivity index (χ1) is 8.61. The Bertz CT molecular complexity index is 432. The van der Waals surface area contributed by atoms with Crippen LogP contribution in [0, 0.1) is 5.82 Å². The van der Waals surface area contributed by atoms with Crippen LogP contribution in [0.4, 0.5) is 4.39 Å². The molecular formula is C13H16ClFN2O. The van der Waals surface area contributed by atoms with Crippen molar-refractivity contribution < 1.29 is 9.18 Å². The van der Waals surface area contributed by atoms with E-state index in [1.165, 1.54) is 12.1 Å². The lowest BCUT2D eigenvalue weighted by molar-refractivity contribution is 0.0700. The van der Waals surface area contributed by atoms with Gasteiger partial charge >= 0.3 is 0 Å². The van der Waals surface area contributed by atoms with Gasteiger partial charge in [0, 0.05) is 19.1 Å². The molecule has 1 atom stereocenters. The van der Waals surface area contributed by atoms with Crippen LogP contribution in [0.25, 0.3) is 0 Å². The van der Waals surface area contributed by atoms with Gasteiger partial charge in [0.15, 0.2) is 0 Å². The lowest BCUT2D eigenvalue weighted by Crippen LogP contribution is -2.40. The fraction of sp³-hybridized carbons (Fsp3) is 0.462. The molecular weight excluding hydrogens is 255 g/mol. The van der Waals surface area contributed by atoms with E-state index in [1.807, 2.05) is 6.92 Å². The zero-order valence-corrected chi connectivity index (χ0v) is 11.0. The van der Waals surface area contributed by atoms with Gasteiger partial charge in [-0.3, -0.25) is 4.79 Å². The lowest BCUT2D eigenvalue weighted by atomic mass is 10.1. The van der Waals surface area contributed by atoms with Crippen molar-refractivity contribution in [3.8, 4) is 0 Å². The van der Waals surface area contributed by atoms with E-state index in [9.17, 15) is 9.18 Å². The Labute approximate surface area is 111 Å². The molecule has 1 aromatic rings. The largest absolute Gasteiger partial charge is 0.334 e. The molecule has 0 aromatic heterocycles. The topological polar surface area (TPSA) is 32.3 Å². The molecule has 5 heteroatoms. The van der Waals surface area contributed by atoms with Gasteiger partial charge < -0.3 is 10.2 Å². The van der Waals surface area contributed by atoms with Gasteiger partial charge in [-0.15, -0.1) is 0 Å². The minimum Gasteiger partial charge on any atom is -0.334 e. The minimum atomic E-state index is -0.558. The first kappa shape index (κ1) is 13.3. The molecule has 0 aliphatic carbocycles. The normalized spacial score (nSPS) is 20.6. The van der Waals surface area contributed by atoms with Crippen molar-refractivity contribution >= 4 is 17.5 Å². The van der Waals surface area contributed by atoms with E-state index in [0.29, 0.717) is 6.54 Å². The minimum absolute atomic E-state index is 0.0204. The number of carbonyl (C=O) groups is 1. The number of nitrogens with zero attached hydrogens (tertiary/aromatic N) is 1. The van der Waals surface area contributed by atoms with E-state index in [0.717, 1.165) is 19.5 Å². The van der Waals surface area contributed by atoms with Gasteiger partial charge in [-0.25, -0.2) is 4.39 Å². The summed E-state index contributed by atoms with van der Waals surface area (Å²) in [5, 5.41) is 3.39.